The number of pyridine rings is 1. The van der Waals surface area contributed by atoms with Crippen molar-refractivity contribution in [2.24, 2.45) is 0 Å². The molecule has 1 saturated heterocycles. The van der Waals surface area contributed by atoms with Crippen LogP contribution in [0.5, 0.6) is 0 Å². The lowest BCUT2D eigenvalue weighted by Gasteiger charge is -2.15. The fourth-order valence-electron chi connectivity index (χ4n) is 3.92. The maximum atomic E-state index is 14.2. The van der Waals surface area contributed by atoms with E-state index in [1.165, 1.54) is 12.1 Å². The molecule has 0 aliphatic carbocycles. The molecule has 1 fully saturated rings. The number of para-hydroxylation sites is 2. The number of rotatable bonds is 3. The summed E-state index contributed by atoms with van der Waals surface area (Å²) in [7, 11) is 0. The summed E-state index contributed by atoms with van der Waals surface area (Å²) in [5.41, 5.74) is 1.74. The van der Waals surface area contributed by atoms with E-state index in [1.54, 1.807) is 0 Å². The second-order valence-corrected chi connectivity index (χ2v) is 6.99. The zero-order chi connectivity index (χ0) is 19.3. The molecule has 4 aromatic rings. The van der Waals surface area contributed by atoms with Crippen molar-refractivity contribution in [3.8, 4) is 0 Å². The smallest absolute Gasteiger partial charge is 0.248 e. The van der Waals surface area contributed by atoms with Crippen LogP contribution in [0.3, 0.4) is 0 Å². The monoisotopic (exact) mass is 381 g/mol. The summed E-state index contributed by atoms with van der Waals surface area (Å²) in [6.07, 6.45) is 1.72. The van der Waals surface area contributed by atoms with E-state index in [9.17, 15) is 13.6 Å². The van der Waals surface area contributed by atoms with Gasteiger partial charge < -0.3 is 14.3 Å². The van der Waals surface area contributed by atoms with Gasteiger partial charge in [-0.3, -0.25) is 4.79 Å². The Kier molecular flexibility index (Phi) is 3.98. The zero-order valence-corrected chi connectivity index (χ0v) is 14.9. The minimum absolute atomic E-state index is 0.116. The molecule has 7 heteroatoms. The number of aromatic nitrogens is 3. The molecule has 1 N–H and O–H groups in total. The molecule has 1 atom stereocenters. The number of ether oxygens (including phenoxy) is 1. The Morgan fingerprint density at radius 3 is 2.89 bits per heavy atom. The average Bonchev–Trinajstić information content (AvgIpc) is 3.33. The normalized spacial score (nSPS) is 17.0. The second-order valence-electron chi connectivity index (χ2n) is 6.99. The summed E-state index contributed by atoms with van der Waals surface area (Å²) in [4.78, 5) is 19.3. The molecule has 0 amide bonds. The number of fused-ring (bicyclic) bond motifs is 2. The van der Waals surface area contributed by atoms with Crippen molar-refractivity contribution in [1.29, 1.82) is 0 Å². The first-order valence-corrected chi connectivity index (χ1v) is 9.18. The van der Waals surface area contributed by atoms with Gasteiger partial charge in [0, 0.05) is 18.1 Å². The van der Waals surface area contributed by atoms with Crippen molar-refractivity contribution in [2.45, 2.75) is 25.5 Å². The van der Waals surface area contributed by atoms with Gasteiger partial charge >= 0.3 is 0 Å². The largest absolute Gasteiger partial charge is 0.370 e. The van der Waals surface area contributed by atoms with Crippen LogP contribution in [0, 0.1) is 11.6 Å². The Hall–Kier alpha value is -3.06. The molecule has 5 nitrogen and oxygen atoms in total. The van der Waals surface area contributed by atoms with Gasteiger partial charge in [0.15, 0.2) is 11.6 Å². The van der Waals surface area contributed by atoms with Gasteiger partial charge in [0.2, 0.25) is 5.56 Å². The van der Waals surface area contributed by atoms with Gasteiger partial charge in [-0.15, -0.1) is 0 Å². The van der Waals surface area contributed by atoms with Crippen LogP contribution in [0.15, 0.2) is 47.3 Å². The summed E-state index contributed by atoms with van der Waals surface area (Å²) < 4.78 is 35.7. The molecule has 0 spiro atoms. The lowest BCUT2D eigenvalue weighted by Crippen LogP contribution is -2.14. The van der Waals surface area contributed by atoms with E-state index in [0.29, 0.717) is 24.1 Å². The summed E-state index contributed by atoms with van der Waals surface area (Å²) in [5.74, 6) is -1.26. The van der Waals surface area contributed by atoms with Gasteiger partial charge in [-0.2, -0.15) is 0 Å². The minimum Gasteiger partial charge on any atom is -0.370 e. The predicted octanol–water partition coefficient (Wildman–Crippen LogP) is 4.06. The molecular weight excluding hydrogens is 364 g/mol. The first-order chi connectivity index (χ1) is 13.6. The van der Waals surface area contributed by atoms with Crippen LogP contribution in [0.2, 0.25) is 0 Å². The molecule has 0 saturated carbocycles. The summed E-state index contributed by atoms with van der Waals surface area (Å²) >= 11 is 0. The van der Waals surface area contributed by atoms with Crippen LogP contribution >= 0.6 is 0 Å². The van der Waals surface area contributed by atoms with Gasteiger partial charge in [-0.1, -0.05) is 12.1 Å². The first kappa shape index (κ1) is 17.1. The molecule has 3 heterocycles. The Labute approximate surface area is 158 Å². The maximum absolute atomic E-state index is 14.2. The van der Waals surface area contributed by atoms with Crippen LogP contribution in [-0.4, -0.2) is 21.1 Å². The van der Waals surface area contributed by atoms with E-state index in [4.69, 9.17) is 9.72 Å². The highest BCUT2D eigenvalue weighted by atomic mass is 19.2. The van der Waals surface area contributed by atoms with Gasteiger partial charge in [-0.05, 0) is 42.7 Å². The quantitative estimate of drug-likeness (QED) is 0.582. The molecular formula is C21H17F2N3O2. The van der Waals surface area contributed by atoms with Crippen molar-refractivity contribution in [1.82, 2.24) is 14.5 Å². The minimum atomic E-state index is -1.05. The van der Waals surface area contributed by atoms with E-state index < -0.39 is 17.2 Å². The van der Waals surface area contributed by atoms with E-state index in [0.717, 1.165) is 35.8 Å². The van der Waals surface area contributed by atoms with E-state index in [1.807, 2.05) is 28.8 Å². The predicted molar refractivity (Wildman–Crippen MR) is 101 cm³/mol. The summed E-state index contributed by atoms with van der Waals surface area (Å²) in [5, 5.41) is 0.467. The molecule has 142 valence electrons. The SMILES string of the molecule is O=c1cc(Cn2c(C3CCCO3)nc3ccccc32)c2ccc(F)c(F)c2[nH]1. The molecule has 2 aromatic heterocycles. The van der Waals surface area contributed by atoms with Crippen LogP contribution < -0.4 is 5.56 Å². The van der Waals surface area contributed by atoms with Crippen molar-refractivity contribution >= 4 is 21.9 Å². The third-order valence-corrected chi connectivity index (χ3v) is 5.22. The summed E-state index contributed by atoms with van der Waals surface area (Å²) in [6, 6.07) is 11.7. The lowest BCUT2D eigenvalue weighted by atomic mass is 10.1. The number of aromatic amines is 1. The molecule has 1 aliphatic rings. The molecule has 5 rings (SSSR count). The Morgan fingerprint density at radius 1 is 1.21 bits per heavy atom. The number of imidazole rings is 1. The molecule has 1 aliphatic heterocycles. The zero-order valence-electron chi connectivity index (χ0n) is 14.9. The Balaban J connectivity index is 1.71. The number of H-pyrrole nitrogens is 1. The number of hydrogen-bond donors (Lipinski definition) is 1. The number of hydrogen-bond acceptors (Lipinski definition) is 3. The standard InChI is InChI=1S/C21H17F2N3O2/c22-14-8-7-13-12(10-18(27)25-20(13)19(14)23)11-26-16-5-2-1-4-15(16)24-21(26)17-6-3-9-28-17/h1-2,4-5,7-8,10,17H,3,6,9,11H2,(H,25,27). The topological polar surface area (TPSA) is 59.9 Å². The average molecular weight is 381 g/mol. The second kappa shape index (κ2) is 6.53. The van der Waals surface area contributed by atoms with Crippen molar-refractivity contribution in [3.63, 3.8) is 0 Å². The number of halogens is 2. The molecule has 2 aromatic carbocycles. The van der Waals surface area contributed by atoms with E-state index >= 15 is 0 Å². The molecule has 1 unspecified atom stereocenters. The van der Waals surface area contributed by atoms with Crippen molar-refractivity contribution in [3.05, 3.63) is 75.8 Å². The van der Waals surface area contributed by atoms with Crippen molar-refractivity contribution < 1.29 is 13.5 Å². The highest BCUT2D eigenvalue weighted by Crippen LogP contribution is 2.32. The van der Waals surface area contributed by atoms with Gasteiger partial charge in [0.25, 0.3) is 0 Å². The number of benzene rings is 2. The Morgan fingerprint density at radius 2 is 2.07 bits per heavy atom. The number of nitrogens with one attached hydrogen (secondary N) is 1. The fourth-order valence-corrected chi connectivity index (χ4v) is 3.92. The fraction of sp³-hybridized carbons (Fsp3) is 0.238. The lowest BCUT2D eigenvalue weighted by molar-refractivity contribution is 0.103. The molecule has 0 bridgehead atoms. The van der Waals surface area contributed by atoms with E-state index in [-0.39, 0.29) is 11.6 Å². The molecule has 28 heavy (non-hydrogen) atoms. The van der Waals surface area contributed by atoms with Crippen LogP contribution in [0.25, 0.3) is 21.9 Å². The number of nitrogens with zero attached hydrogens (tertiary/aromatic N) is 2. The highest BCUT2D eigenvalue weighted by molar-refractivity contribution is 5.83. The third-order valence-electron chi connectivity index (χ3n) is 5.22. The van der Waals surface area contributed by atoms with Gasteiger partial charge in [0.05, 0.1) is 23.1 Å². The third kappa shape index (κ3) is 2.70. The Bertz CT molecular complexity index is 1260. The molecule has 0 radical (unpaired) electrons. The van der Waals surface area contributed by atoms with Crippen LogP contribution in [-0.2, 0) is 11.3 Å². The van der Waals surface area contributed by atoms with Crippen molar-refractivity contribution in [2.75, 3.05) is 6.61 Å². The highest BCUT2D eigenvalue weighted by Gasteiger charge is 2.25. The maximum Gasteiger partial charge on any atom is 0.248 e. The van der Waals surface area contributed by atoms with E-state index in [2.05, 4.69) is 4.98 Å². The summed E-state index contributed by atoms with van der Waals surface area (Å²) in [6.45, 7) is 0.994. The van der Waals surface area contributed by atoms with Crippen LogP contribution in [0.1, 0.15) is 30.3 Å². The van der Waals surface area contributed by atoms with Gasteiger partial charge in [0.1, 0.15) is 11.9 Å². The van der Waals surface area contributed by atoms with Gasteiger partial charge in [-0.25, -0.2) is 13.8 Å². The first-order valence-electron chi connectivity index (χ1n) is 9.18. The van der Waals surface area contributed by atoms with Crippen LogP contribution in [0.4, 0.5) is 8.78 Å².